The Bertz CT molecular complexity index is 708. The average molecular weight is 315 g/mol. The maximum atomic E-state index is 11.4. The Morgan fingerprint density at radius 3 is 1.83 bits per heavy atom. The molecule has 0 amide bonds. The van der Waals surface area contributed by atoms with Gasteiger partial charge in [-0.25, -0.2) is 0 Å². The summed E-state index contributed by atoms with van der Waals surface area (Å²) < 4.78 is 5.10. The fourth-order valence-corrected chi connectivity index (χ4v) is 2.50. The molecule has 0 saturated heterocycles. The van der Waals surface area contributed by atoms with Gasteiger partial charge in [0.25, 0.3) is 0 Å². The third-order valence-electron chi connectivity index (χ3n) is 3.88. The molecule has 124 valence electrons. The molecule has 1 heterocycles. The quantitative estimate of drug-likeness (QED) is 0.805. The number of hydrogen-bond donors (Lipinski definition) is 1. The second kappa shape index (κ2) is 5.52. The number of carbonyl (C=O) groups is 1. The lowest BCUT2D eigenvalue weighted by Gasteiger charge is -2.28. The van der Waals surface area contributed by atoms with E-state index in [4.69, 9.17) is 4.52 Å². The Kier molecular flexibility index (Phi) is 4.14. The Morgan fingerprint density at radius 1 is 1.00 bits per heavy atom. The first kappa shape index (κ1) is 17.3. The van der Waals surface area contributed by atoms with E-state index < -0.39 is 0 Å². The summed E-state index contributed by atoms with van der Waals surface area (Å²) in [5.41, 5.74) is 2.72. The van der Waals surface area contributed by atoms with Crippen LogP contribution in [0.15, 0.2) is 22.7 Å². The molecule has 1 N–H and O–H groups in total. The van der Waals surface area contributed by atoms with Crippen LogP contribution in [-0.4, -0.2) is 16.0 Å². The summed E-state index contributed by atoms with van der Waals surface area (Å²) >= 11 is 0. The highest BCUT2D eigenvalue weighted by Gasteiger charge is 2.27. The molecule has 0 radical (unpaired) electrons. The number of rotatable bonds is 2. The van der Waals surface area contributed by atoms with Crippen molar-refractivity contribution >= 4 is 5.78 Å². The van der Waals surface area contributed by atoms with Crippen LogP contribution in [0.5, 0.6) is 5.75 Å². The second-order valence-electron chi connectivity index (χ2n) is 8.05. The number of aromatic nitrogens is 1. The van der Waals surface area contributed by atoms with Gasteiger partial charge in [0.05, 0.1) is 0 Å². The molecule has 0 fully saturated rings. The minimum absolute atomic E-state index is 0.158. The predicted octanol–water partition coefficient (Wildman–Crippen LogP) is 4.84. The first-order valence-electron chi connectivity index (χ1n) is 7.77. The summed E-state index contributed by atoms with van der Waals surface area (Å²) in [6, 6.07) is 5.49. The summed E-state index contributed by atoms with van der Waals surface area (Å²) in [4.78, 5) is 11.4. The van der Waals surface area contributed by atoms with Gasteiger partial charge in [0.15, 0.2) is 5.78 Å². The van der Waals surface area contributed by atoms with E-state index in [0.717, 1.165) is 16.7 Å². The number of nitrogens with zero attached hydrogens (tertiary/aromatic N) is 1. The van der Waals surface area contributed by atoms with Gasteiger partial charge in [0.1, 0.15) is 11.4 Å². The molecular formula is C19H25NO3. The largest absolute Gasteiger partial charge is 0.507 e. The average Bonchev–Trinajstić information content (AvgIpc) is 2.85. The second-order valence-corrected chi connectivity index (χ2v) is 8.05. The fraction of sp³-hybridized carbons (Fsp3) is 0.474. The fourth-order valence-electron chi connectivity index (χ4n) is 2.50. The molecule has 2 rings (SSSR count). The minimum atomic E-state index is -0.215. The summed E-state index contributed by atoms with van der Waals surface area (Å²) in [5.74, 6) is 0.404. The van der Waals surface area contributed by atoms with Gasteiger partial charge in [-0.15, -0.1) is 0 Å². The molecule has 0 aliphatic rings. The lowest BCUT2D eigenvalue weighted by molar-refractivity contribution is 0.0978. The van der Waals surface area contributed by atoms with Crippen LogP contribution in [0.4, 0.5) is 0 Å². The van der Waals surface area contributed by atoms with Crippen LogP contribution in [0.1, 0.15) is 70.1 Å². The van der Waals surface area contributed by atoms with Crippen molar-refractivity contribution in [2.75, 3.05) is 0 Å². The number of benzene rings is 1. The SMILES string of the molecule is CC(=O)c1cc(-c2cc(C(C)(C)C)c(O)c(C(C)(C)C)c2)no1. The van der Waals surface area contributed by atoms with E-state index in [1.165, 1.54) is 6.92 Å². The van der Waals surface area contributed by atoms with Crippen molar-refractivity contribution in [2.24, 2.45) is 0 Å². The first-order chi connectivity index (χ1) is 10.4. The third-order valence-corrected chi connectivity index (χ3v) is 3.88. The molecular weight excluding hydrogens is 290 g/mol. The van der Waals surface area contributed by atoms with Crippen LogP contribution in [0.3, 0.4) is 0 Å². The molecule has 0 unspecified atom stereocenters. The number of Topliss-reactive ketones (excluding diaryl/α,β-unsaturated/α-hetero) is 1. The van der Waals surface area contributed by atoms with Crippen molar-refractivity contribution in [1.82, 2.24) is 5.16 Å². The van der Waals surface area contributed by atoms with Gasteiger partial charge in [-0.3, -0.25) is 4.79 Å². The van der Waals surface area contributed by atoms with Crippen molar-refractivity contribution in [2.45, 2.75) is 59.3 Å². The lowest BCUT2D eigenvalue weighted by Crippen LogP contribution is -2.17. The van der Waals surface area contributed by atoms with Gasteiger partial charge in [-0.1, -0.05) is 46.7 Å². The van der Waals surface area contributed by atoms with E-state index in [2.05, 4.69) is 46.7 Å². The van der Waals surface area contributed by atoms with Gasteiger partial charge >= 0.3 is 0 Å². The lowest BCUT2D eigenvalue weighted by atomic mass is 9.78. The van der Waals surface area contributed by atoms with E-state index >= 15 is 0 Å². The highest BCUT2D eigenvalue weighted by Crippen LogP contribution is 2.41. The van der Waals surface area contributed by atoms with E-state index in [9.17, 15) is 9.90 Å². The molecule has 4 nitrogen and oxygen atoms in total. The van der Waals surface area contributed by atoms with Crippen molar-refractivity contribution in [3.8, 4) is 17.0 Å². The Hall–Kier alpha value is -2.10. The first-order valence-corrected chi connectivity index (χ1v) is 7.77. The monoisotopic (exact) mass is 315 g/mol. The Morgan fingerprint density at radius 2 is 1.48 bits per heavy atom. The van der Waals surface area contributed by atoms with E-state index in [1.807, 2.05) is 12.1 Å². The summed E-state index contributed by atoms with van der Waals surface area (Å²) in [7, 11) is 0. The molecule has 4 heteroatoms. The molecule has 1 aromatic heterocycles. The zero-order chi connectivity index (χ0) is 17.6. The molecule has 0 aliphatic carbocycles. The highest BCUT2D eigenvalue weighted by molar-refractivity contribution is 5.92. The molecule has 0 atom stereocenters. The van der Waals surface area contributed by atoms with Crippen LogP contribution in [0.2, 0.25) is 0 Å². The molecule has 0 spiro atoms. The third kappa shape index (κ3) is 3.46. The molecule has 1 aromatic carbocycles. The number of phenolic OH excluding ortho intramolecular Hbond substituents is 1. The maximum absolute atomic E-state index is 11.4. The summed E-state index contributed by atoms with van der Waals surface area (Å²) in [6.45, 7) is 13.8. The molecule has 2 aromatic rings. The molecule has 23 heavy (non-hydrogen) atoms. The smallest absolute Gasteiger partial charge is 0.202 e. The molecule has 0 saturated carbocycles. The summed E-state index contributed by atoms with van der Waals surface area (Å²) in [5, 5.41) is 14.7. The van der Waals surface area contributed by atoms with Crippen molar-refractivity contribution in [3.63, 3.8) is 0 Å². The number of phenols is 1. The van der Waals surface area contributed by atoms with E-state index in [0.29, 0.717) is 11.4 Å². The normalized spacial score (nSPS) is 12.5. The predicted molar refractivity (Wildman–Crippen MR) is 91.0 cm³/mol. The zero-order valence-electron chi connectivity index (χ0n) is 14.9. The number of aromatic hydroxyl groups is 1. The van der Waals surface area contributed by atoms with Gasteiger partial charge in [0, 0.05) is 29.7 Å². The van der Waals surface area contributed by atoms with E-state index in [-0.39, 0.29) is 22.4 Å². The zero-order valence-corrected chi connectivity index (χ0v) is 14.9. The van der Waals surface area contributed by atoms with Crippen LogP contribution in [-0.2, 0) is 10.8 Å². The van der Waals surface area contributed by atoms with Gasteiger partial charge in [-0.2, -0.15) is 0 Å². The summed E-state index contributed by atoms with van der Waals surface area (Å²) in [6.07, 6.45) is 0. The van der Waals surface area contributed by atoms with Crippen LogP contribution in [0.25, 0.3) is 11.3 Å². The van der Waals surface area contributed by atoms with Gasteiger partial charge < -0.3 is 9.63 Å². The van der Waals surface area contributed by atoms with Gasteiger partial charge in [-0.05, 0) is 23.0 Å². The van der Waals surface area contributed by atoms with Crippen LogP contribution in [0, 0.1) is 0 Å². The maximum Gasteiger partial charge on any atom is 0.202 e. The van der Waals surface area contributed by atoms with Crippen molar-refractivity contribution in [1.29, 1.82) is 0 Å². The Balaban J connectivity index is 2.71. The van der Waals surface area contributed by atoms with Crippen LogP contribution < -0.4 is 0 Å². The number of carbonyl (C=O) groups excluding carboxylic acids is 1. The Labute approximate surface area is 137 Å². The van der Waals surface area contributed by atoms with Crippen molar-refractivity contribution in [3.05, 3.63) is 35.1 Å². The van der Waals surface area contributed by atoms with Crippen molar-refractivity contribution < 1.29 is 14.4 Å². The van der Waals surface area contributed by atoms with Gasteiger partial charge in [0.2, 0.25) is 5.76 Å². The van der Waals surface area contributed by atoms with E-state index in [1.54, 1.807) is 6.07 Å². The number of hydrogen-bond acceptors (Lipinski definition) is 4. The molecule has 0 bridgehead atoms. The topological polar surface area (TPSA) is 63.3 Å². The number of ketones is 1. The minimum Gasteiger partial charge on any atom is -0.507 e. The van der Waals surface area contributed by atoms with Crippen LogP contribution >= 0.6 is 0 Å². The standard InChI is InChI=1S/C19H25NO3/c1-11(21)16-10-15(20-23-16)12-8-13(18(2,3)4)17(22)14(9-12)19(5,6)7/h8-10,22H,1-7H3. The molecule has 0 aliphatic heterocycles. The highest BCUT2D eigenvalue weighted by atomic mass is 16.5.